The van der Waals surface area contributed by atoms with E-state index in [2.05, 4.69) is 10.5 Å². The van der Waals surface area contributed by atoms with Crippen molar-refractivity contribution in [3.05, 3.63) is 69.3 Å². The smallest absolute Gasteiger partial charge is 0.311 e. The van der Waals surface area contributed by atoms with Crippen molar-refractivity contribution in [2.24, 2.45) is 5.10 Å². The summed E-state index contributed by atoms with van der Waals surface area (Å²) in [6, 6.07) is 11.2. The molecular formula is C16H15N3O4. The van der Waals surface area contributed by atoms with Gasteiger partial charge in [0, 0.05) is 17.2 Å². The van der Waals surface area contributed by atoms with Gasteiger partial charge in [0.05, 0.1) is 10.6 Å². The van der Waals surface area contributed by atoms with Crippen molar-refractivity contribution in [2.45, 2.75) is 13.8 Å². The molecule has 118 valence electrons. The summed E-state index contributed by atoms with van der Waals surface area (Å²) in [4.78, 5) is 22.2. The Hall–Kier alpha value is -3.22. The lowest BCUT2D eigenvalue weighted by molar-refractivity contribution is -0.385. The van der Waals surface area contributed by atoms with Crippen molar-refractivity contribution in [2.75, 3.05) is 0 Å². The lowest BCUT2D eigenvalue weighted by Gasteiger charge is -2.06. The van der Waals surface area contributed by atoms with Gasteiger partial charge in [0.1, 0.15) is 0 Å². The van der Waals surface area contributed by atoms with E-state index in [1.165, 1.54) is 25.1 Å². The number of rotatable bonds is 4. The van der Waals surface area contributed by atoms with Gasteiger partial charge in [0.2, 0.25) is 5.75 Å². The first kappa shape index (κ1) is 16.2. The summed E-state index contributed by atoms with van der Waals surface area (Å²) in [5.74, 6) is -0.878. The molecule has 0 aliphatic heterocycles. The van der Waals surface area contributed by atoms with Crippen molar-refractivity contribution in [1.29, 1.82) is 0 Å². The molecule has 2 rings (SSSR count). The normalized spacial score (nSPS) is 11.1. The number of benzene rings is 2. The van der Waals surface area contributed by atoms with Crippen LogP contribution in [0, 0.1) is 17.0 Å². The zero-order valence-corrected chi connectivity index (χ0v) is 12.6. The fourth-order valence-electron chi connectivity index (χ4n) is 2.05. The molecule has 0 saturated heterocycles. The molecule has 0 heterocycles. The van der Waals surface area contributed by atoms with Crippen molar-refractivity contribution < 1.29 is 14.8 Å². The molecule has 2 N–H and O–H groups in total. The van der Waals surface area contributed by atoms with Gasteiger partial charge in [0.15, 0.2) is 0 Å². The fourth-order valence-corrected chi connectivity index (χ4v) is 2.05. The topological polar surface area (TPSA) is 105 Å². The van der Waals surface area contributed by atoms with Crippen LogP contribution in [0.25, 0.3) is 0 Å². The van der Waals surface area contributed by atoms with Gasteiger partial charge in [-0.25, -0.2) is 5.43 Å². The largest absolute Gasteiger partial charge is 0.502 e. The van der Waals surface area contributed by atoms with E-state index in [4.69, 9.17) is 0 Å². The van der Waals surface area contributed by atoms with E-state index in [1.54, 1.807) is 25.1 Å². The number of hydrazone groups is 1. The minimum Gasteiger partial charge on any atom is -0.502 e. The van der Waals surface area contributed by atoms with Gasteiger partial charge < -0.3 is 5.11 Å². The van der Waals surface area contributed by atoms with E-state index in [1.807, 2.05) is 6.07 Å². The maximum atomic E-state index is 12.1. The van der Waals surface area contributed by atoms with Crippen molar-refractivity contribution in [3.8, 4) is 5.75 Å². The number of phenols is 1. The highest BCUT2D eigenvalue weighted by Gasteiger charge is 2.18. The van der Waals surface area contributed by atoms with Crippen LogP contribution in [0.2, 0.25) is 0 Å². The Labute approximate surface area is 132 Å². The molecule has 2 aromatic rings. The predicted molar refractivity (Wildman–Crippen MR) is 85.6 cm³/mol. The third kappa shape index (κ3) is 3.52. The van der Waals surface area contributed by atoms with Crippen LogP contribution < -0.4 is 5.43 Å². The number of amides is 1. The second-order valence-corrected chi connectivity index (χ2v) is 4.88. The molecule has 0 spiro atoms. The van der Waals surface area contributed by atoms with Crippen LogP contribution in [0.4, 0.5) is 5.69 Å². The molecule has 0 aliphatic carbocycles. The lowest BCUT2D eigenvalue weighted by Crippen LogP contribution is -2.20. The summed E-state index contributed by atoms with van der Waals surface area (Å²) in [5.41, 5.74) is 3.69. The molecule has 7 nitrogen and oxygen atoms in total. The van der Waals surface area contributed by atoms with E-state index in [-0.39, 0.29) is 11.3 Å². The molecule has 23 heavy (non-hydrogen) atoms. The molecule has 0 aliphatic rings. The lowest BCUT2D eigenvalue weighted by atomic mass is 10.1. The number of carbonyl (C=O) groups is 1. The number of nitrogens with one attached hydrogen (secondary N) is 1. The minimum absolute atomic E-state index is 0.185. The molecule has 1 amide bonds. The number of nitrogens with zero attached hydrogens (tertiary/aromatic N) is 2. The first-order chi connectivity index (χ1) is 10.9. The van der Waals surface area contributed by atoms with Gasteiger partial charge in [-0.1, -0.05) is 24.3 Å². The van der Waals surface area contributed by atoms with Crippen LogP contribution in [-0.4, -0.2) is 21.6 Å². The average molecular weight is 313 g/mol. The van der Waals surface area contributed by atoms with Crippen LogP contribution in [-0.2, 0) is 0 Å². The van der Waals surface area contributed by atoms with Gasteiger partial charge in [-0.15, -0.1) is 0 Å². The first-order valence-corrected chi connectivity index (χ1v) is 6.79. The Bertz CT molecular complexity index is 800. The van der Waals surface area contributed by atoms with E-state index in [0.717, 1.165) is 5.56 Å². The van der Waals surface area contributed by atoms with Crippen LogP contribution in [0.3, 0.4) is 0 Å². The van der Waals surface area contributed by atoms with Gasteiger partial charge in [0.25, 0.3) is 5.91 Å². The molecule has 0 fully saturated rings. The quantitative estimate of drug-likeness (QED) is 0.514. The van der Waals surface area contributed by atoms with Crippen molar-refractivity contribution in [3.63, 3.8) is 0 Å². The first-order valence-electron chi connectivity index (χ1n) is 6.79. The molecule has 0 aromatic heterocycles. The second-order valence-electron chi connectivity index (χ2n) is 4.88. The summed E-state index contributed by atoms with van der Waals surface area (Å²) in [7, 11) is 0. The number of aryl methyl sites for hydroxylation is 1. The summed E-state index contributed by atoms with van der Waals surface area (Å²) >= 11 is 0. The maximum absolute atomic E-state index is 12.1. The minimum atomic E-state index is -0.683. The molecular weight excluding hydrogens is 298 g/mol. The van der Waals surface area contributed by atoms with Crippen LogP contribution in [0.15, 0.2) is 47.6 Å². The fraction of sp³-hybridized carbons (Fsp3) is 0.125. The Morgan fingerprint density at radius 3 is 2.48 bits per heavy atom. The zero-order valence-electron chi connectivity index (χ0n) is 12.6. The summed E-state index contributed by atoms with van der Waals surface area (Å²) < 4.78 is 0. The van der Waals surface area contributed by atoms with E-state index in [9.17, 15) is 20.0 Å². The van der Waals surface area contributed by atoms with Gasteiger partial charge in [-0.2, -0.15) is 5.10 Å². The summed E-state index contributed by atoms with van der Waals surface area (Å²) in [6.07, 6.45) is 0. The number of nitro benzene ring substituents is 1. The third-order valence-corrected chi connectivity index (χ3v) is 3.32. The summed E-state index contributed by atoms with van der Waals surface area (Å²) in [5, 5.41) is 24.6. The van der Waals surface area contributed by atoms with E-state index >= 15 is 0 Å². The Morgan fingerprint density at radius 1 is 1.17 bits per heavy atom. The molecule has 7 heteroatoms. The number of hydrogen-bond acceptors (Lipinski definition) is 5. The number of hydrogen-bond donors (Lipinski definition) is 2. The molecule has 0 bridgehead atoms. The zero-order chi connectivity index (χ0) is 17.0. The molecule has 0 saturated carbocycles. The van der Waals surface area contributed by atoms with Crippen LogP contribution >= 0.6 is 0 Å². The number of carbonyl (C=O) groups excluding carboxylic acids is 1. The second kappa shape index (κ2) is 6.69. The van der Waals surface area contributed by atoms with Gasteiger partial charge in [-0.05, 0) is 31.5 Å². The van der Waals surface area contributed by atoms with E-state index < -0.39 is 22.3 Å². The summed E-state index contributed by atoms with van der Waals surface area (Å²) in [6.45, 7) is 3.34. The third-order valence-electron chi connectivity index (χ3n) is 3.32. The molecule has 0 atom stereocenters. The Kier molecular flexibility index (Phi) is 4.70. The van der Waals surface area contributed by atoms with Gasteiger partial charge >= 0.3 is 5.69 Å². The van der Waals surface area contributed by atoms with E-state index in [0.29, 0.717) is 5.56 Å². The SMILES string of the molecule is CC(=NNC(=O)c1ccccc1C)c1cccc([N+](=O)[O-])c1O. The Balaban J connectivity index is 2.24. The highest BCUT2D eigenvalue weighted by Crippen LogP contribution is 2.29. The maximum Gasteiger partial charge on any atom is 0.311 e. The number of aromatic hydroxyl groups is 1. The van der Waals surface area contributed by atoms with Crippen LogP contribution in [0.5, 0.6) is 5.75 Å². The van der Waals surface area contributed by atoms with Crippen molar-refractivity contribution >= 4 is 17.3 Å². The molecule has 2 aromatic carbocycles. The number of nitro groups is 1. The van der Waals surface area contributed by atoms with Gasteiger partial charge in [-0.3, -0.25) is 14.9 Å². The Morgan fingerprint density at radius 2 is 1.83 bits per heavy atom. The highest BCUT2D eigenvalue weighted by atomic mass is 16.6. The number of para-hydroxylation sites is 1. The highest BCUT2D eigenvalue weighted by molar-refractivity contribution is 6.03. The van der Waals surface area contributed by atoms with Crippen LogP contribution in [0.1, 0.15) is 28.4 Å². The number of phenolic OH excluding ortho intramolecular Hbond substituents is 1. The molecule has 0 unspecified atom stereocenters. The monoisotopic (exact) mass is 313 g/mol. The average Bonchev–Trinajstić information content (AvgIpc) is 2.52. The van der Waals surface area contributed by atoms with Crippen molar-refractivity contribution in [1.82, 2.24) is 5.43 Å². The molecule has 0 radical (unpaired) electrons. The standard InChI is InChI=1S/C16H15N3O4/c1-10-6-3-4-7-12(10)16(21)18-17-11(2)13-8-5-9-14(15(13)20)19(22)23/h3-9,20H,1-2H3,(H,18,21). The predicted octanol–water partition coefficient (Wildman–Crippen LogP) is 2.76.